The lowest BCUT2D eigenvalue weighted by Crippen LogP contribution is -2.18. The molecule has 2 aromatic heterocycles. The smallest absolute Gasteiger partial charge is 0.222 e. The first-order valence-corrected chi connectivity index (χ1v) is 7.55. The fourth-order valence-electron chi connectivity index (χ4n) is 2.34. The van der Waals surface area contributed by atoms with Crippen molar-refractivity contribution in [2.45, 2.75) is 19.6 Å². The molecule has 0 aliphatic heterocycles. The third-order valence-electron chi connectivity index (χ3n) is 3.45. The molecule has 0 spiro atoms. The molecule has 0 saturated heterocycles. The van der Waals surface area contributed by atoms with Crippen LogP contribution in [0.15, 0.2) is 55.0 Å². The molecular weight excluding hydrogens is 288 g/mol. The molecule has 118 valence electrons. The Kier molecular flexibility index (Phi) is 4.95. The van der Waals surface area contributed by atoms with Crippen molar-refractivity contribution in [3.63, 3.8) is 0 Å². The third-order valence-corrected chi connectivity index (χ3v) is 3.45. The monoisotopic (exact) mass is 308 g/mol. The summed E-state index contributed by atoms with van der Waals surface area (Å²) in [5.41, 5.74) is 3.38. The van der Waals surface area contributed by atoms with E-state index in [0.29, 0.717) is 5.95 Å². The second kappa shape index (κ2) is 7.51. The van der Waals surface area contributed by atoms with Gasteiger partial charge in [0.2, 0.25) is 5.95 Å². The normalized spacial score (nSPS) is 10.9. The third kappa shape index (κ3) is 4.62. The number of nitrogens with one attached hydrogen (secondary N) is 2. The van der Waals surface area contributed by atoms with Gasteiger partial charge in [0.1, 0.15) is 0 Å². The van der Waals surface area contributed by atoms with Crippen molar-refractivity contribution >= 4 is 5.95 Å². The number of aromatic nitrogens is 4. The van der Waals surface area contributed by atoms with Crippen molar-refractivity contribution in [2.75, 3.05) is 12.4 Å². The van der Waals surface area contributed by atoms with Crippen molar-refractivity contribution in [3.8, 4) is 0 Å². The summed E-state index contributed by atoms with van der Waals surface area (Å²) in [6.07, 6.45) is 5.49. The van der Waals surface area contributed by atoms with Crippen molar-refractivity contribution in [2.24, 2.45) is 0 Å². The lowest BCUT2D eigenvalue weighted by Gasteiger charge is -2.15. The zero-order chi connectivity index (χ0) is 15.9. The number of aromatic amines is 1. The first-order chi connectivity index (χ1) is 11.3. The van der Waals surface area contributed by atoms with Gasteiger partial charge in [-0.15, -0.1) is 0 Å². The van der Waals surface area contributed by atoms with Gasteiger partial charge in [0.25, 0.3) is 0 Å². The van der Waals surface area contributed by atoms with Crippen molar-refractivity contribution in [1.29, 1.82) is 0 Å². The summed E-state index contributed by atoms with van der Waals surface area (Å²) in [7, 11) is 2.06. The molecule has 3 rings (SSSR count). The predicted octanol–water partition coefficient (Wildman–Crippen LogP) is 2.44. The van der Waals surface area contributed by atoms with E-state index in [1.54, 1.807) is 6.20 Å². The summed E-state index contributed by atoms with van der Waals surface area (Å²) in [4.78, 5) is 10.9. The second-order valence-corrected chi connectivity index (χ2v) is 5.51. The number of rotatable bonds is 7. The largest absolute Gasteiger partial charge is 0.350 e. The minimum Gasteiger partial charge on any atom is -0.350 e. The van der Waals surface area contributed by atoms with Gasteiger partial charge in [-0.3, -0.25) is 10.00 Å². The molecule has 0 amide bonds. The summed E-state index contributed by atoms with van der Waals surface area (Å²) in [5.74, 6) is 0.647. The Labute approximate surface area is 135 Å². The van der Waals surface area contributed by atoms with E-state index < -0.39 is 0 Å². The summed E-state index contributed by atoms with van der Waals surface area (Å²) >= 11 is 0. The van der Waals surface area contributed by atoms with Gasteiger partial charge in [0.15, 0.2) is 0 Å². The number of benzene rings is 1. The maximum absolute atomic E-state index is 4.37. The number of nitrogens with zero attached hydrogens (tertiary/aromatic N) is 4. The first kappa shape index (κ1) is 15.2. The number of H-pyrrole nitrogens is 1. The Balaban J connectivity index is 1.50. The lowest BCUT2D eigenvalue weighted by atomic mass is 10.2. The van der Waals surface area contributed by atoms with Crippen LogP contribution >= 0.6 is 0 Å². The molecule has 2 heterocycles. The van der Waals surface area contributed by atoms with E-state index in [4.69, 9.17) is 0 Å². The van der Waals surface area contributed by atoms with E-state index in [9.17, 15) is 0 Å². The van der Waals surface area contributed by atoms with Crippen molar-refractivity contribution < 1.29 is 0 Å². The molecule has 1 aromatic carbocycles. The van der Waals surface area contributed by atoms with Gasteiger partial charge in [-0.25, -0.2) is 9.97 Å². The van der Waals surface area contributed by atoms with Gasteiger partial charge in [0.05, 0.1) is 0 Å². The van der Waals surface area contributed by atoms with Crippen LogP contribution < -0.4 is 5.32 Å². The van der Waals surface area contributed by atoms with Gasteiger partial charge in [-0.1, -0.05) is 30.3 Å². The summed E-state index contributed by atoms with van der Waals surface area (Å²) in [6, 6.07) is 12.2. The number of anilines is 1. The van der Waals surface area contributed by atoms with Gasteiger partial charge in [-0.05, 0) is 18.7 Å². The van der Waals surface area contributed by atoms with E-state index >= 15 is 0 Å². The van der Waals surface area contributed by atoms with Crippen molar-refractivity contribution in [1.82, 2.24) is 25.1 Å². The molecular formula is C17H20N6. The molecule has 2 N–H and O–H groups in total. The fraction of sp³-hybridized carbons (Fsp3) is 0.235. The van der Waals surface area contributed by atoms with Crippen LogP contribution in [0, 0.1) is 0 Å². The molecule has 6 heteroatoms. The fourth-order valence-corrected chi connectivity index (χ4v) is 2.34. The van der Waals surface area contributed by atoms with Crippen molar-refractivity contribution in [3.05, 3.63) is 71.8 Å². The van der Waals surface area contributed by atoms with Gasteiger partial charge < -0.3 is 5.32 Å². The van der Waals surface area contributed by atoms with E-state index in [1.807, 2.05) is 36.7 Å². The van der Waals surface area contributed by atoms with Crippen LogP contribution in [0.3, 0.4) is 0 Å². The molecule has 0 atom stereocenters. The lowest BCUT2D eigenvalue weighted by molar-refractivity contribution is 0.314. The van der Waals surface area contributed by atoms with Crippen LogP contribution in [-0.2, 0) is 19.6 Å². The molecule has 0 radical (unpaired) electrons. The average Bonchev–Trinajstić information content (AvgIpc) is 3.08. The Morgan fingerprint density at radius 3 is 2.48 bits per heavy atom. The molecule has 0 aliphatic rings. The zero-order valence-corrected chi connectivity index (χ0v) is 13.1. The highest BCUT2D eigenvalue weighted by Gasteiger charge is 2.04. The topological polar surface area (TPSA) is 69.7 Å². The molecule has 0 aliphatic carbocycles. The average molecular weight is 308 g/mol. The Morgan fingerprint density at radius 2 is 1.78 bits per heavy atom. The van der Waals surface area contributed by atoms with Gasteiger partial charge in [-0.2, -0.15) is 5.10 Å². The van der Waals surface area contributed by atoms with Crippen LogP contribution in [0.25, 0.3) is 0 Å². The van der Waals surface area contributed by atoms with Gasteiger partial charge in [0, 0.05) is 49.5 Å². The van der Waals surface area contributed by atoms with E-state index in [1.165, 1.54) is 5.56 Å². The zero-order valence-electron chi connectivity index (χ0n) is 13.1. The van der Waals surface area contributed by atoms with Crippen LogP contribution in [-0.4, -0.2) is 32.1 Å². The maximum atomic E-state index is 4.37. The minimum absolute atomic E-state index is 0.647. The van der Waals surface area contributed by atoms with E-state index in [0.717, 1.165) is 30.9 Å². The highest BCUT2D eigenvalue weighted by atomic mass is 15.2. The molecule has 6 nitrogen and oxygen atoms in total. The highest BCUT2D eigenvalue weighted by molar-refractivity contribution is 5.27. The Morgan fingerprint density at radius 1 is 1.00 bits per heavy atom. The summed E-state index contributed by atoms with van der Waals surface area (Å²) in [5, 5.41) is 10.1. The Hall–Kier alpha value is -2.73. The molecule has 23 heavy (non-hydrogen) atoms. The number of hydrogen-bond acceptors (Lipinski definition) is 5. The van der Waals surface area contributed by atoms with Crippen LogP contribution in [0.2, 0.25) is 0 Å². The predicted molar refractivity (Wildman–Crippen MR) is 89.6 cm³/mol. The summed E-state index contributed by atoms with van der Waals surface area (Å²) in [6.45, 7) is 2.33. The molecule has 3 aromatic rings. The van der Waals surface area contributed by atoms with E-state index in [-0.39, 0.29) is 0 Å². The quantitative estimate of drug-likeness (QED) is 0.701. The van der Waals surface area contributed by atoms with Gasteiger partial charge >= 0.3 is 0 Å². The van der Waals surface area contributed by atoms with Crippen LogP contribution in [0.4, 0.5) is 5.95 Å². The maximum Gasteiger partial charge on any atom is 0.222 e. The van der Waals surface area contributed by atoms with Crippen LogP contribution in [0.1, 0.15) is 16.8 Å². The summed E-state index contributed by atoms with van der Waals surface area (Å²) < 4.78 is 0. The highest BCUT2D eigenvalue weighted by Crippen LogP contribution is 2.07. The molecule has 0 saturated carbocycles. The minimum atomic E-state index is 0.647. The Bertz CT molecular complexity index is 694. The second-order valence-electron chi connectivity index (χ2n) is 5.51. The molecule has 0 fully saturated rings. The molecule has 0 unspecified atom stereocenters. The SMILES string of the molecule is CN(Cc1cnc(NCc2ccccc2)nc1)Cc1ccn[nH]1. The molecule has 0 bridgehead atoms. The van der Waals surface area contributed by atoms with Crippen LogP contribution in [0.5, 0.6) is 0 Å². The van der Waals surface area contributed by atoms with E-state index in [2.05, 4.69) is 49.6 Å². The number of hydrogen-bond donors (Lipinski definition) is 2. The first-order valence-electron chi connectivity index (χ1n) is 7.55. The standard InChI is InChI=1S/C17H20N6/c1-23(13-16-7-8-21-22-16)12-15-10-19-17(20-11-15)18-9-14-5-3-2-4-6-14/h2-8,10-11H,9,12-13H2,1H3,(H,21,22)(H,18,19,20).